The van der Waals surface area contributed by atoms with Crippen molar-refractivity contribution in [3.05, 3.63) is 0 Å². The summed E-state index contributed by atoms with van der Waals surface area (Å²) in [5, 5.41) is 38.6. The average Bonchev–Trinajstić information content (AvgIpc) is 2.45. The van der Waals surface area contributed by atoms with Gasteiger partial charge in [0.05, 0.1) is 24.7 Å². The zero-order valence-corrected chi connectivity index (χ0v) is 12.3. The van der Waals surface area contributed by atoms with Gasteiger partial charge in [-0.05, 0) is 31.6 Å². The number of rotatable bonds is 3. The van der Waals surface area contributed by atoms with Crippen LogP contribution in [0.25, 0.3) is 0 Å². The highest BCUT2D eigenvalue weighted by Crippen LogP contribution is 2.40. The van der Waals surface area contributed by atoms with Crippen LogP contribution < -0.4 is 0 Å². The van der Waals surface area contributed by atoms with Crippen LogP contribution in [0.1, 0.15) is 25.7 Å². The normalized spacial score (nSPS) is 41.6. The summed E-state index contributed by atoms with van der Waals surface area (Å²) in [5.74, 6) is -1.20. The lowest BCUT2D eigenvalue weighted by Gasteiger charge is -2.45. The number of β-amino-alcohol motifs (C(OH)–C–C–N with tert-alkyl or cyclic N) is 1. The highest BCUT2D eigenvalue weighted by molar-refractivity contribution is 4.95. The SMILES string of the molecule is OC[C@H]1[C@@H](O)[C@H](O)[C@@H](O)CN1C[C@H]1CC[C@H](C(F)(F)F)CC1. The van der Waals surface area contributed by atoms with E-state index in [0.29, 0.717) is 19.4 Å². The first kappa shape index (κ1) is 17.9. The molecule has 1 aliphatic heterocycles. The van der Waals surface area contributed by atoms with Crippen LogP contribution in [-0.2, 0) is 0 Å². The van der Waals surface area contributed by atoms with E-state index in [0.717, 1.165) is 0 Å². The summed E-state index contributed by atoms with van der Waals surface area (Å²) in [6.45, 7) is 0.141. The van der Waals surface area contributed by atoms with Crippen molar-refractivity contribution < 1.29 is 33.6 Å². The van der Waals surface area contributed by atoms with Crippen LogP contribution in [0.2, 0.25) is 0 Å². The average molecular weight is 327 g/mol. The van der Waals surface area contributed by atoms with Crippen LogP contribution >= 0.6 is 0 Å². The molecule has 0 aromatic rings. The summed E-state index contributed by atoms with van der Waals surface area (Å²) in [4.78, 5) is 1.68. The number of aliphatic hydroxyl groups is 4. The lowest BCUT2D eigenvalue weighted by atomic mass is 9.80. The van der Waals surface area contributed by atoms with E-state index in [2.05, 4.69) is 0 Å². The molecule has 0 spiro atoms. The molecule has 1 heterocycles. The van der Waals surface area contributed by atoms with Crippen molar-refractivity contribution >= 4 is 0 Å². The zero-order valence-electron chi connectivity index (χ0n) is 12.3. The van der Waals surface area contributed by atoms with Gasteiger partial charge >= 0.3 is 6.18 Å². The van der Waals surface area contributed by atoms with Crippen molar-refractivity contribution in [1.29, 1.82) is 0 Å². The number of alkyl halides is 3. The Bertz CT molecular complexity index is 360. The van der Waals surface area contributed by atoms with Gasteiger partial charge in [0.15, 0.2) is 0 Å². The van der Waals surface area contributed by atoms with E-state index in [-0.39, 0.29) is 31.9 Å². The number of aliphatic hydroxyl groups excluding tert-OH is 4. The Morgan fingerprint density at radius 1 is 0.955 bits per heavy atom. The van der Waals surface area contributed by atoms with Crippen molar-refractivity contribution in [2.45, 2.75) is 56.2 Å². The second-order valence-electron chi connectivity index (χ2n) is 6.51. The van der Waals surface area contributed by atoms with Crippen LogP contribution in [0.3, 0.4) is 0 Å². The third-order valence-corrected chi connectivity index (χ3v) is 5.02. The van der Waals surface area contributed by atoms with Crippen molar-refractivity contribution in [1.82, 2.24) is 4.90 Å². The minimum Gasteiger partial charge on any atom is -0.395 e. The third kappa shape index (κ3) is 3.91. The number of hydrogen-bond donors (Lipinski definition) is 4. The van der Waals surface area contributed by atoms with E-state index in [4.69, 9.17) is 0 Å². The maximum Gasteiger partial charge on any atom is 0.391 e. The lowest BCUT2D eigenvalue weighted by Crippen LogP contribution is -2.63. The van der Waals surface area contributed by atoms with Gasteiger partial charge in [0, 0.05) is 13.1 Å². The Kier molecular flexibility index (Phi) is 5.71. The fraction of sp³-hybridized carbons (Fsp3) is 1.00. The van der Waals surface area contributed by atoms with Gasteiger partial charge in [0.25, 0.3) is 0 Å². The van der Waals surface area contributed by atoms with Crippen LogP contribution in [0, 0.1) is 11.8 Å². The highest BCUT2D eigenvalue weighted by Gasteiger charge is 2.44. The predicted octanol–water partition coefficient (Wildman–Crippen LogP) is 0.114. The second-order valence-corrected chi connectivity index (χ2v) is 6.51. The topological polar surface area (TPSA) is 84.2 Å². The molecule has 0 aromatic heterocycles. The smallest absolute Gasteiger partial charge is 0.391 e. The maximum absolute atomic E-state index is 12.7. The second kappa shape index (κ2) is 7.00. The summed E-state index contributed by atoms with van der Waals surface area (Å²) in [5.41, 5.74) is 0. The number of nitrogens with zero attached hydrogens (tertiary/aromatic N) is 1. The molecule has 5 nitrogen and oxygen atoms in total. The molecule has 2 aliphatic rings. The third-order valence-electron chi connectivity index (χ3n) is 5.02. The van der Waals surface area contributed by atoms with Gasteiger partial charge in [-0.1, -0.05) is 0 Å². The largest absolute Gasteiger partial charge is 0.395 e. The summed E-state index contributed by atoms with van der Waals surface area (Å²) in [6.07, 6.45) is -6.76. The van der Waals surface area contributed by atoms with Crippen molar-refractivity contribution in [2.75, 3.05) is 19.7 Å². The maximum atomic E-state index is 12.7. The van der Waals surface area contributed by atoms with Gasteiger partial charge in [-0.15, -0.1) is 0 Å². The minimum atomic E-state index is -4.14. The Balaban J connectivity index is 1.90. The molecule has 4 atom stereocenters. The monoisotopic (exact) mass is 327 g/mol. The van der Waals surface area contributed by atoms with Crippen molar-refractivity contribution in [2.24, 2.45) is 11.8 Å². The number of likely N-dealkylation sites (tertiary alicyclic amines) is 1. The number of piperidine rings is 1. The molecule has 1 saturated heterocycles. The fourth-order valence-corrected chi connectivity index (χ4v) is 3.59. The summed E-state index contributed by atoms with van der Waals surface area (Å²) in [7, 11) is 0. The molecular formula is C14H24F3NO4. The van der Waals surface area contributed by atoms with Crippen molar-refractivity contribution in [3.8, 4) is 0 Å². The Morgan fingerprint density at radius 2 is 1.55 bits per heavy atom. The Labute approximate surface area is 127 Å². The standard InChI is InChI=1S/C14H24F3NO4/c15-14(16,17)9-3-1-8(2-4-9)5-18-6-11(20)13(22)12(21)10(18)7-19/h8-13,19-22H,1-7H2/t8-,9-,10-,11-,12+,13+/m0/s1. The molecule has 4 N–H and O–H groups in total. The van der Waals surface area contributed by atoms with E-state index >= 15 is 0 Å². The molecule has 0 bridgehead atoms. The summed E-state index contributed by atoms with van der Waals surface area (Å²) < 4.78 is 38.0. The quantitative estimate of drug-likeness (QED) is 0.592. The first-order valence-electron chi connectivity index (χ1n) is 7.69. The summed E-state index contributed by atoms with van der Waals surface area (Å²) >= 11 is 0. The molecule has 22 heavy (non-hydrogen) atoms. The van der Waals surface area contributed by atoms with Gasteiger partial charge in [-0.25, -0.2) is 0 Å². The molecular weight excluding hydrogens is 303 g/mol. The highest BCUT2D eigenvalue weighted by atomic mass is 19.4. The van der Waals surface area contributed by atoms with Gasteiger partial charge < -0.3 is 20.4 Å². The number of halogens is 3. The Hall–Kier alpha value is -0.410. The Morgan fingerprint density at radius 3 is 2.05 bits per heavy atom. The van der Waals surface area contributed by atoms with Crippen molar-refractivity contribution in [3.63, 3.8) is 0 Å². The fourth-order valence-electron chi connectivity index (χ4n) is 3.59. The van der Waals surface area contributed by atoms with E-state index < -0.39 is 36.4 Å². The van der Waals surface area contributed by atoms with Crippen LogP contribution in [0.4, 0.5) is 13.2 Å². The first-order valence-corrected chi connectivity index (χ1v) is 7.69. The van der Waals surface area contributed by atoms with E-state index in [9.17, 15) is 33.6 Å². The molecule has 0 aromatic carbocycles. The molecule has 1 aliphatic carbocycles. The van der Waals surface area contributed by atoms with Crippen LogP contribution in [0.15, 0.2) is 0 Å². The minimum absolute atomic E-state index is 0.0438. The summed E-state index contributed by atoms with van der Waals surface area (Å²) in [6, 6.07) is -0.696. The molecule has 0 radical (unpaired) electrons. The zero-order chi connectivity index (χ0) is 16.5. The van der Waals surface area contributed by atoms with Gasteiger partial charge in [0.2, 0.25) is 0 Å². The molecule has 2 rings (SSSR count). The molecule has 0 amide bonds. The first-order chi connectivity index (χ1) is 10.2. The van der Waals surface area contributed by atoms with Gasteiger partial charge in [-0.3, -0.25) is 4.90 Å². The van der Waals surface area contributed by atoms with E-state index in [1.165, 1.54) is 0 Å². The van der Waals surface area contributed by atoms with Crippen LogP contribution in [-0.4, -0.2) is 75.6 Å². The van der Waals surface area contributed by atoms with Crippen LogP contribution in [0.5, 0.6) is 0 Å². The van der Waals surface area contributed by atoms with E-state index in [1.807, 2.05) is 0 Å². The molecule has 0 unspecified atom stereocenters. The molecule has 1 saturated carbocycles. The lowest BCUT2D eigenvalue weighted by molar-refractivity contribution is -0.185. The number of hydrogen-bond acceptors (Lipinski definition) is 5. The predicted molar refractivity (Wildman–Crippen MR) is 72.0 cm³/mol. The molecule has 2 fully saturated rings. The van der Waals surface area contributed by atoms with Gasteiger partial charge in [0.1, 0.15) is 12.2 Å². The van der Waals surface area contributed by atoms with Gasteiger partial charge in [-0.2, -0.15) is 13.2 Å². The molecule has 8 heteroatoms. The molecule has 130 valence electrons. The van der Waals surface area contributed by atoms with E-state index in [1.54, 1.807) is 4.90 Å².